The molecule has 1 aromatic carbocycles. The second-order valence-electron chi connectivity index (χ2n) is 9.98. The topological polar surface area (TPSA) is 91.0 Å². The summed E-state index contributed by atoms with van der Waals surface area (Å²) in [4.78, 5) is 28.5. The summed E-state index contributed by atoms with van der Waals surface area (Å²) in [5.41, 5.74) is -1.81. The number of morpholine rings is 1. The van der Waals surface area contributed by atoms with Crippen LogP contribution in [-0.2, 0) is 25.0 Å². The van der Waals surface area contributed by atoms with E-state index in [4.69, 9.17) is 4.74 Å². The average molecular weight is 532 g/mol. The monoisotopic (exact) mass is 531 g/mol. The minimum atomic E-state index is -4.72. The van der Waals surface area contributed by atoms with Crippen LogP contribution in [0.2, 0.25) is 0 Å². The maximum absolute atomic E-state index is 15.1. The van der Waals surface area contributed by atoms with Gasteiger partial charge in [0.1, 0.15) is 29.0 Å². The SMILES string of the molecule is Cc1nc2c(-c3ccc(C(F)(F)F)cc3F)nc(N3C[C@H](c4cnn(C)c4)OC(C)(C)C3)nc2c(=O)n1C. The maximum atomic E-state index is 15.1. The molecule has 0 aliphatic carbocycles. The lowest BCUT2D eigenvalue weighted by Gasteiger charge is -2.42. The minimum absolute atomic E-state index is 0.00402. The molecule has 1 fully saturated rings. The van der Waals surface area contributed by atoms with E-state index < -0.39 is 34.8 Å². The fourth-order valence-corrected chi connectivity index (χ4v) is 4.57. The molecule has 1 aliphatic rings. The van der Waals surface area contributed by atoms with Crippen molar-refractivity contribution in [1.29, 1.82) is 0 Å². The lowest BCUT2D eigenvalue weighted by Crippen LogP contribution is -2.50. The Morgan fingerprint density at radius 3 is 2.47 bits per heavy atom. The standard InChI is InChI=1S/C25H25F4N7O2/c1-13-31-20-19(16-7-6-15(8-17(16)26)25(27,28)29)32-23(33-21(20)22(37)35(13)5)36-11-18(38-24(2,3)12-36)14-9-30-34(4)10-14/h6-10,18H,11-12H2,1-5H3/t18-/m1/s1. The van der Waals surface area contributed by atoms with E-state index in [0.29, 0.717) is 25.0 Å². The number of hydrogen-bond donors (Lipinski definition) is 0. The van der Waals surface area contributed by atoms with Crippen LogP contribution in [0.25, 0.3) is 22.3 Å². The molecule has 0 unspecified atom stereocenters. The van der Waals surface area contributed by atoms with Gasteiger partial charge in [0, 0.05) is 38.0 Å². The Labute approximate surface area is 214 Å². The molecule has 13 heteroatoms. The summed E-state index contributed by atoms with van der Waals surface area (Å²) in [6.45, 7) is 6.01. The highest BCUT2D eigenvalue weighted by molar-refractivity contribution is 5.89. The van der Waals surface area contributed by atoms with E-state index in [1.54, 1.807) is 24.9 Å². The second kappa shape index (κ2) is 8.86. The summed E-state index contributed by atoms with van der Waals surface area (Å²) >= 11 is 0. The third kappa shape index (κ3) is 4.62. The summed E-state index contributed by atoms with van der Waals surface area (Å²) in [7, 11) is 3.32. The Morgan fingerprint density at radius 1 is 1.11 bits per heavy atom. The van der Waals surface area contributed by atoms with Crippen molar-refractivity contribution in [2.75, 3.05) is 18.0 Å². The first-order valence-electron chi connectivity index (χ1n) is 11.8. The van der Waals surface area contributed by atoms with Crippen LogP contribution in [0, 0.1) is 12.7 Å². The number of benzene rings is 1. The molecular formula is C25H25F4N7O2. The Balaban J connectivity index is 1.70. The first kappa shape index (κ1) is 25.8. The quantitative estimate of drug-likeness (QED) is 0.370. The van der Waals surface area contributed by atoms with E-state index >= 15 is 4.39 Å². The third-order valence-electron chi connectivity index (χ3n) is 6.49. The number of alkyl halides is 3. The molecule has 4 aromatic rings. The zero-order valence-electron chi connectivity index (χ0n) is 21.3. The molecule has 0 N–H and O–H groups in total. The summed E-state index contributed by atoms with van der Waals surface area (Å²) in [6, 6.07) is 2.18. The zero-order valence-corrected chi connectivity index (χ0v) is 21.3. The highest BCUT2D eigenvalue weighted by Crippen LogP contribution is 2.36. The van der Waals surface area contributed by atoms with Crippen molar-refractivity contribution >= 4 is 17.0 Å². The molecule has 0 radical (unpaired) electrons. The van der Waals surface area contributed by atoms with Crippen molar-refractivity contribution < 1.29 is 22.3 Å². The predicted octanol–water partition coefficient (Wildman–Crippen LogP) is 3.95. The van der Waals surface area contributed by atoms with Gasteiger partial charge in [-0.25, -0.2) is 19.3 Å². The number of aromatic nitrogens is 6. The molecule has 0 bridgehead atoms. The molecule has 9 nitrogen and oxygen atoms in total. The van der Waals surface area contributed by atoms with Gasteiger partial charge in [-0.15, -0.1) is 0 Å². The Hall–Kier alpha value is -3.87. The number of ether oxygens (including phenoxy) is 1. The molecule has 0 spiro atoms. The smallest absolute Gasteiger partial charge is 0.364 e. The number of halogens is 4. The normalized spacial score (nSPS) is 17.8. The van der Waals surface area contributed by atoms with E-state index in [-0.39, 0.29) is 28.2 Å². The first-order chi connectivity index (χ1) is 17.7. The van der Waals surface area contributed by atoms with E-state index in [1.807, 2.05) is 24.9 Å². The zero-order chi connectivity index (χ0) is 27.6. The fraction of sp³-hybridized carbons (Fsp3) is 0.400. The van der Waals surface area contributed by atoms with Gasteiger partial charge in [-0.05, 0) is 39.0 Å². The largest absolute Gasteiger partial charge is 0.416 e. The molecule has 4 heterocycles. The van der Waals surface area contributed by atoms with E-state index in [0.717, 1.165) is 17.7 Å². The average Bonchev–Trinajstić information content (AvgIpc) is 3.27. The van der Waals surface area contributed by atoms with Crippen LogP contribution in [-0.4, -0.2) is 48.0 Å². The molecule has 5 rings (SSSR count). The number of rotatable bonds is 3. The Kier molecular flexibility index (Phi) is 6.01. The van der Waals surface area contributed by atoms with Crippen LogP contribution < -0.4 is 10.5 Å². The molecule has 0 saturated carbocycles. The number of fused-ring (bicyclic) bond motifs is 1. The van der Waals surface area contributed by atoms with Crippen molar-refractivity contribution in [3.63, 3.8) is 0 Å². The lowest BCUT2D eigenvalue weighted by atomic mass is 10.0. The molecule has 200 valence electrons. The maximum Gasteiger partial charge on any atom is 0.416 e. The third-order valence-corrected chi connectivity index (χ3v) is 6.49. The van der Waals surface area contributed by atoms with Gasteiger partial charge in [0.25, 0.3) is 5.56 Å². The van der Waals surface area contributed by atoms with Crippen molar-refractivity contribution in [1.82, 2.24) is 29.3 Å². The van der Waals surface area contributed by atoms with Crippen molar-refractivity contribution in [2.24, 2.45) is 14.1 Å². The summed E-state index contributed by atoms with van der Waals surface area (Å²) in [5, 5.41) is 4.21. The number of hydrogen-bond acceptors (Lipinski definition) is 7. The van der Waals surface area contributed by atoms with Crippen LogP contribution >= 0.6 is 0 Å². The number of aryl methyl sites for hydroxylation is 2. The molecule has 38 heavy (non-hydrogen) atoms. The highest BCUT2D eigenvalue weighted by Gasteiger charge is 2.37. The molecule has 0 amide bonds. The van der Waals surface area contributed by atoms with Gasteiger partial charge in [-0.1, -0.05) is 0 Å². The number of anilines is 1. The van der Waals surface area contributed by atoms with Gasteiger partial charge in [0.2, 0.25) is 5.95 Å². The van der Waals surface area contributed by atoms with Crippen LogP contribution in [0.3, 0.4) is 0 Å². The van der Waals surface area contributed by atoms with E-state index in [2.05, 4.69) is 20.1 Å². The Bertz CT molecular complexity index is 1610. The van der Waals surface area contributed by atoms with Gasteiger partial charge in [-0.3, -0.25) is 14.0 Å². The fourth-order valence-electron chi connectivity index (χ4n) is 4.57. The highest BCUT2D eigenvalue weighted by atomic mass is 19.4. The van der Waals surface area contributed by atoms with Crippen LogP contribution in [0.4, 0.5) is 23.5 Å². The van der Waals surface area contributed by atoms with Crippen molar-refractivity contribution in [3.8, 4) is 11.3 Å². The van der Waals surface area contributed by atoms with Crippen LogP contribution in [0.15, 0.2) is 35.4 Å². The van der Waals surface area contributed by atoms with Crippen LogP contribution in [0.5, 0.6) is 0 Å². The summed E-state index contributed by atoms with van der Waals surface area (Å²) < 4.78 is 63.9. The molecule has 1 saturated heterocycles. The van der Waals surface area contributed by atoms with Crippen molar-refractivity contribution in [3.05, 3.63) is 63.7 Å². The second-order valence-corrected chi connectivity index (χ2v) is 9.98. The van der Waals surface area contributed by atoms with Gasteiger partial charge in [0.05, 0.1) is 23.9 Å². The first-order valence-corrected chi connectivity index (χ1v) is 11.8. The number of nitrogens with zero attached hydrogens (tertiary/aromatic N) is 7. The summed E-state index contributed by atoms with van der Waals surface area (Å²) in [5.74, 6) is -0.710. The van der Waals surface area contributed by atoms with Gasteiger partial charge in [-0.2, -0.15) is 18.3 Å². The van der Waals surface area contributed by atoms with Gasteiger partial charge in [0.15, 0.2) is 5.52 Å². The van der Waals surface area contributed by atoms with E-state index in [1.165, 1.54) is 11.6 Å². The molecule has 3 aromatic heterocycles. The Morgan fingerprint density at radius 2 is 1.84 bits per heavy atom. The summed E-state index contributed by atoms with van der Waals surface area (Å²) in [6.07, 6.45) is -1.60. The lowest BCUT2D eigenvalue weighted by molar-refractivity contribution is -0.137. The van der Waals surface area contributed by atoms with Gasteiger partial charge >= 0.3 is 6.18 Å². The van der Waals surface area contributed by atoms with Crippen molar-refractivity contribution in [2.45, 2.75) is 38.7 Å². The van der Waals surface area contributed by atoms with Gasteiger partial charge < -0.3 is 9.64 Å². The minimum Gasteiger partial charge on any atom is -0.364 e. The molecule has 1 atom stereocenters. The van der Waals surface area contributed by atoms with Crippen LogP contribution in [0.1, 0.15) is 36.9 Å². The molecular weight excluding hydrogens is 506 g/mol. The molecule has 1 aliphatic heterocycles. The predicted molar refractivity (Wildman–Crippen MR) is 131 cm³/mol. The van der Waals surface area contributed by atoms with E-state index in [9.17, 15) is 18.0 Å².